The largest absolute Gasteiger partial charge is 0.465 e. The number of hydrogen-bond acceptors (Lipinski definition) is 5. The molecule has 108 valence electrons. The second-order valence-electron chi connectivity index (χ2n) is 3.76. The van der Waals surface area contributed by atoms with Gasteiger partial charge in [-0.25, -0.2) is 4.79 Å². The molecular weight excluding hydrogens is 280 g/mol. The predicted molar refractivity (Wildman–Crippen MR) is 76.0 cm³/mol. The summed E-state index contributed by atoms with van der Waals surface area (Å²) in [6.07, 6.45) is 0. The van der Waals surface area contributed by atoms with Gasteiger partial charge in [0.05, 0.1) is 12.4 Å². The Morgan fingerprint density at radius 3 is 2.50 bits per heavy atom. The van der Waals surface area contributed by atoms with Gasteiger partial charge in [-0.15, -0.1) is 11.8 Å². The fourth-order valence-electron chi connectivity index (χ4n) is 1.49. The van der Waals surface area contributed by atoms with Crippen LogP contribution in [0.3, 0.4) is 0 Å². The number of ether oxygens (including phenoxy) is 1. The molecule has 0 spiro atoms. The van der Waals surface area contributed by atoms with Crippen molar-refractivity contribution in [3.63, 3.8) is 0 Å². The highest BCUT2D eigenvalue weighted by molar-refractivity contribution is 8.00. The van der Waals surface area contributed by atoms with Gasteiger partial charge in [-0.05, 0) is 12.5 Å². The van der Waals surface area contributed by atoms with Crippen LogP contribution in [0.15, 0.2) is 30.3 Å². The number of esters is 1. The summed E-state index contributed by atoms with van der Waals surface area (Å²) in [5.74, 6) is -0.956. The van der Waals surface area contributed by atoms with Crippen LogP contribution < -0.4 is 11.1 Å². The molecule has 1 atom stereocenters. The van der Waals surface area contributed by atoms with Gasteiger partial charge in [-0.2, -0.15) is 0 Å². The Hall–Kier alpha value is -2.02. The molecule has 0 saturated carbocycles. The zero-order chi connectivity index (χ0) is 15.0. The molecule has 0 aliphatic heterocycles. The summed E-state index contributed by atoms with van der Waals surface area (Å²) in [6, 6.07) is 7.90. The van der Waals surface area contributed by atoms with Crippen LogP contribution in [-0.4, -0.2) is 30.3 Å². The minimum Gasteiger partial charge on any atom is -0.465 e. The summed E-state index contributed by atoms with van der Waals surface area (Å²) >= 11 is 1.08. The van der Waals surface area contributed by atoms with Gasteiger partial charge < -0.3 is 10.5 Å². The second kappa shape index (κ2) is 8.21. The number of nitrogens with two attached hydrogens (primary N) is 1. The number of primary amides is 1. The molecule has 1 rings (SSSR count). The molecule has 20 heavy (non-hydrogen) atoms. The fraction of sp³-hybridized carbons (Fsp3) is 0.308. The third kappa shape index (κ3) is 5.31. The van der Waals surface area contributed by atoms with Gasteiger partial charge in [0.1, 0.15) is 5.25 Å². The van der Waals surface area contributed by atoms with Gasteiger partial charge in [0.25, 0.3) is 0 Å². The first-order chi connectivity index (χ1) is 9.54. The van der Waals surface area contributed by atoms with Gasteiger partial charge in [-0.1, -0.05) is 30.3 Å². The van der Waals surface area contributed by atoms with Crippen LogP contribution in [0.5, 0.6) is 0 Å². The van der Waals surface area contributed by atoms with Crippen LogP contribution in [0.1, 0.15) is 17.7 Å². The van der Waals surface area contributed by atoms with Crippen molar-refractivity contribution in [1.82, 2.24) is 5.32 Å². The minimum absolute atomic E-state index is 0.0135. The van der Waals surface area contributed by atoms with Crippen molar-refractivity contribution in [2.45, 2.75) is 12.2 Å². The topological polar surface area (TPSA) is 98.5 Å². The van der Waals surface area contributed by atoms with Crippen molar-refractivity contribution in [3.8, 4) is 0 Å². The molecule has 7 heteroatoms. The fourth-order valence-corrected chi connectivity index (χ4v) is 2.44. The van der Waals surface area contributed by atoms with E-state index in [-0.39, 0.29) is 12.4 Å². The molecule has 0 radical (unpaired) electrons. The highest BCUT2D eigenvalue weighted by Crippen LogP contribution is 2.29. The van der Waals surface area contributed by atoms with Crippen molar-refractivity contribution >= 4 is 29.7 Å². The third-order valence-electron chi connectivity index (χ3n) is 2.26. The van der Waals surface area contributed by atoms with Crippen LogP contribution in [0.2, 0.25) is 0 Å². The first kappa shape index (κ1) is 16.0. The van der Waals surface area contributed by atoms with Crippen molar-refractivity contribution in [3.05, 3.63) is 35.9 Å². The van der Waals surface area contributed by atoms with Gasteiger partial charge in [-0.3, -0.25) is 14.9 Å². The molecule has 0 unspecified atom stereocenters. The van der Waals surface area contributed by atoms with E-state index in [2.05, 4.69) is 0 Å². The summed E-state index contributed by atoms with van der Waals surface area (Å²) in [4.78, 5) is 34.1. The maximum Gasteiger partial charge on any atom is 0.318 e. The molecule has 0 aliphatic carbocycles. The summed E-state index contributed by atoms with van der Waals surface area (Å²) < 4.78 is 4.81. The van der Waals surface area contributed by atoms with Gasteiger partial charge >= 0.3 is 12.0 Å². The Morgan fingerprint density at radius 1 is 1.30 bits per heavy atom. The molecule has 0 heterocycles. The SMILES string of the molecule is CCOC(=O)CS[C@@H](C(=O)NC(N)=O)c1ccccc1. The Labute approximate surface area is 121 Å². The predicted octanol–water partition coefficient (Wildman–Crippen LogP) is 1.22. The molecule has 6 nitrogen and oxygen atoms in total. The number of imide groups is 1. The van der Waals surface area contributed by atoms with E-state index in [4.69, 9.17) is 10.5 Å². The van der Waals surface area contributed by atoms with Crippen LogP contribution in [0.25, 0.3) is 0 Å². The van der Waals surface area contributed by atoms with E-state index < -0.39 is 23.2 Å². The molecule has 3 N–H and O–H groups in total. The van der Waals surface area contributed by atoms with E-state index in [0.717, 1.165) is 11.8 Å². The van der Waals surface area contributed by atoms with E-state index in [9.17, 15) is 14.4 Å². The van der Waals surface area contributed by atoms with Crippen LogP contribution in [-0.2, 0) is 14.3 Å². The molecule has 1 aromatic rings. The average Bonchev–Trinajstić information content (AvgIpc) is 2.39. The lowest BCUT2D eigenvalue weighted by molar-refractivity contribution is -0.139. The van der Waals surface area contributed by atoms with Crippen LogP contribution >= 0.6 is 11.8 Å². The van der Waals surface area contributed by atoms with Gasteiger partial charge in [0, 0.05) is 0 Å². The lowest BCUT2D eigenvalue weighted by Gasteiger charge is -2.15. The number of benzene rings is 1. The maximum atomic E-state index is 11.9. The number of amides is 3. The molecule has 1 aromatic carbocycles. The number of carbonyl (C=O) groups is 3. The van der Waals surface area contributed by atoms with Crippen LogP contribution in [0, 0.1) is 0 Å². The number of carbonyl (C=O) groups excluding carboxylic acids is 3. The molecular formula is C13H16N2O4S. The Bertz CT molecular complexity index is 479. The third-order valence-corrected chi connectivity index (χ3v) is 3.48. The number of rotatable bonds is 6. The highest BCUT2D eigenvalue weighted by atomic mass is 32.2. The Balaban J connectivity index is 2.77. The van der Waals surface area contributed by atoms with Crippen molar-refractivity contribution in [2.24, 2.45) is 5.73 Å². The molecule has 3 amide bonds. The standard InChI is InChI=1S/C13H16N2O4S/c1-2-19-10(16)8-20-11(12(17)15-13(14)18)9-6-4-3-5-7-9/h3-7,11H,2,8H2,1H3,(H3,14,15,17,18)/t11-/m1/s1. The van der Waals surface area contributed by atoms with Gasteiger partial charge in [0.15, 0.2) is 0 Å². The smallest absolute Gasteiger partial charge is 0.318 e. The van der Waals surface area contributed by atoms with Gasteiger partial charge in [0.2, 0.25) is 5.91 Å². The molecule has 0 bridgehead atoms. The van der Waals surface area contributed by atoms with E-state index >= 15 is 0 Å². The van der Waals surface area contributed by atoms with E-state index in [0.29, 0.717) is 5.56 Å². The lowest BCUT2D eigenvalue weighted by Crippen LogP contribution is -2.37. The van der Waals surface area contributed by atoms with Crippen molar-refractivity contribution < 1.29 is 19.1 Å². The molecule has 0 aliphatic rings. The van der Waals surface area contributed by atoms with Crippen LogP contribution in [0.4, 0.5) is 4.79 Å². The number of urea groups is 1. The summed E-state index contributed by atoms with van der Waals surface area (Å²) in [5, 5.41) is 1.32. The first-order valence-corrected chi connectivity index (χ1v) is 7.02. The zero-order valence-corrected chi connectivity index (χ0v) is 11.8. The maximum absolute atomic E-state index is 11.9. The van der Waals surface area contributed by atoms with Crippen molar-refractivity contribution in [1.29, 1.82) is 0 Å². The molecule has 0 aromatic heterocycles. The Morgan fingerprint density at radius 2 is 1.95 bits per heavy atom. The van der Waals surface area contributed by atoms with Crippen molar-refractivity contribution in [2.75, 3.05) is 12.4 Å². The van der Waals surface area contributed by atoms with E-state index in [1.165, 1.54) is 0 Å². The highest BCUT2D eigenvalue weighted by Gasteiger charge is 2.23. The quantitative estimate of drug-likeness (QED) is 0.769. The molecule has 0 fully saturated rings. The Kier molecular flexibility index (Phi) is 6.58. The van der Waals surface area contributed by atoms with E-state index in [1.807, 2.05) is 11.4 Å². The average molecular weight is 296 g/mol. The normalized spacial score (nSPS) is 11.4. The van der Waals surface area contributed by atoms with E-state index in [1.54, 1.807) is 31.2 Å². The first-order valence-electron chi connectivity index (χ1n) is 5.97. The monoisotopic (exact) mass is 296 g/mol. The zero-order valence-electron chi connectivity index (χ0n) is 11.0. The summed E-state index contributed by atoms with van der Waals surface area (Å²) in [5.41, 5.74) is 5.62. The minimum atomic E-state index is -0.923. The number of thioether (sulfide) groups is 1. The number of nitrogens with one attached hydrogen (secondary N) is 1. The summed E-state index contributed by atoms with van der Waals surface area (Å²) in [6.45, 7) is 1.99. The summed E-state index contributed by atoms with van der Waals surface area (Å²) in [7, 11) is 0. The number of hydrogen-bond donors (Lipinski definition) is 2. The lowest BCUT2D eigenvalue weighted by atomic mass is 10.1. The second-order valence-corrected chi connectivity index (χ2v) is 4.85. The molecule has 0 saturated heterocycles.